The first-order valence-corrected chi connectivity index (χ1v) is 7.76. The number of esters is 1. The number of nitrogens with zero attached hydrogens (tertiary/aromatic N) is 1. The summed E-state index contributed by atoms with van der Waals surface area (Å²) in [7, 11) is 1.46. The van der Waals surface area contributed by atoms with Crippen molar-refractivity contribution < 1.29 is 9.53 Å². The van der Waals surface area contributed by atoms with Gasteiger partial charge >= 0.3 is 5.97 Å². The third-order valence-electron chi connectivity index (χ3n) is 3.58. The van der Waals surface area contributed by atoms with Crippen LogP contribution in [0.5, 0.6) is 0 Å². The van der Waals surface area contributed by atoms with Crippen molar-refractivity contribution in [2.24, 2.45) is 5.92 Å². The predicted molar refractivity (Wildman–Crippen MR) is 84.9 cm³/mol. The quantitative estimate of drug-likeness (QED) is 0.662. The van der Waals surface area contributed by atoms with Gasteiger partial charge in [0.25, 0.3) is 0 Å². The van der Waals surface area contributed by atoms with Gasteiger partial charge in [0.1, 0.15) is 5.54 Å². The lowest BCUT2D eigenvalue weighted by Crippen LogP contribution is -2.56. The molecule has 2 atom stereocenters. The van der Waals surface area contributed by atoms with E-state index in [-0.39, 0.29) is 12.0 Å². The van der Waals surface area contributed by atoms with E-state index in [4.69, 9.17) is 4.74 Å². The molecule has 0 aliphatic carbocycles. The van der Waals surface area contributed by atoms with Crippen molar-refractivity contribution in [3.05, 3.63) is 0 Å². The minimum Gasteiger partial charge on any atom is -0.468 e. The van der Waals surface area contributed by atoms with E-state index in [9.17, 15) is 4.79 Å². The zero-order chi connectivity index (χ0) is 15.9. The van der Waals surface area contributed by atoms with Crippen molar-refractivity contribution in [3.8, 4) is 0 Å². The van der Waals surface area contributed by atoms with Crippen molar-refractivity contribution in [1.29, 1.82) is 0 Å². The zero-order valence-electron chi connectivity index (χ0n) is 14.6. The van der Waals surface area contributed by atoms with Gasteiger partial charge in [-0.2, -0.15) is 0 Å². The minimum atomic E-state index is -0.632. The largest absolute Gasteiger partial charge is 0.468 e. The SMILES string of the molecule is CCN(CC(C)C)C(C)CC(C)(NC(C)C)C(=O)OC. The second-order valence-electron chi connectivity index (χ2n) is 6.66. The molecule has 0 heterocycles. The molecule has 0 aromatic carbocycles. The summed E-state index contributed by atoms with van der Waals surface area (Å²) >= 11 is 0. The molecular weight excluding hydrogens is 252 g/mol. The zero-order valence-corrected chi connectivity index (χ0v) is 14.6. The average molecular weight is 286 g/mol. The summed E-state index contributed by atoms with van der Waals surface area (Å²) in [6, 6.07) is 0.573. The van der Waals surface area contributed by atoms with Gasteiger partial charge < -0.3 is 9.64 Å². The first-order chi connectivity index (χ1) is 9.16. The normalized spacial score (nSPS) is 16.6. The Bertz CT molecular complexity index is 292. The Kier molecular flexibility index (Phi) is 8.36. The number of ether oxygens (including phenoxy) is 1. The van der Waals surface area contributed by atoms with Gasteiger partial charge in [-0.05, 0) is 46.6 Å². The van der Waals surface area contributed by atoms with E-state index in [1.807, 2.05) is 6.92 Å². The van der Waals surface area contributed by atoms with Crippen LogP contribution in [0.4, 0.5) is 0 Å². The fourth-order valence-electron chi connectivity index (χ4n) is 2.87. The monoisotopic (exact) mass is 286 g/mol. The molecule has 0 amide bonds. The summed E-state index contributed by atoms with van der Waals surface area (Å²) in [6.45, 7) is 16.9. The predicted octanol–water partition coefficient (Wildman–Crippen LogP) is 2.67. The van der Waals surface area contributed by atoms with E-state index in [1.165, 1.54) is 7.11 Å². The van der Waals surface area contributed by atoms with Gasteiger partial charge in [-0.1, -0.05) is 20.8 Å². The second kappa shape index (κ2) is 8.63. The lowest BCUT2D eigenvalue weighted by molar-refractivity contribution is -0.149. The molecule has 0 rings (SSSR count). The summed E-state index contributed by atoms with van der Waals surface area (Å²) in [5.74, 6) is 0.443. The third-order valence-corrected chi connectivity index (χ3v) is 3.58. The van der Waals surface area contributed by atoms with Crippen LogP contribution in [0.15, 0.2) is 0 Å². The molecule has 4 nitrogen and oxygen atoms in total. The van der Waals surface area contributed by atoms with Crippen molar-refractivity contribution in [1.82, 2.24) is 10.2 Å². The number of nitrogens with one attached hydrogen (secondary N) is 1. The van der Waals surface area contributed by atoms with Crippen LogP contribution >= 0.6 is 0 Å². The van der Waals surface area contributed by atoms with Gasteiger partial charge in [0.2, 0.25) is 0 Å². The van der Waals surface area contributed by atoms with Crippen LogP contribution in [0.1, 0.15) is 54.9 Å². The summed E-state index contributed by atoms with van der Waals surface area (Å²) in [6.07, 6.45) is 0.748. The highest BCUT2D eigenvalue weighted by atomic mass is 16.5. The van der Waals surface area contributed by atoms with E-state index in [1.54, 1.807) is 0 Å². The molecule has 0 spiro atoms. The molecular formula is C16H34N2O2. The number of rotatable bonds is 9. The Morgan fingerprint density at radius 3 is 2.15 bits per heavy atom. The van der Waals surface area contributed by atoms with Crippen LogP contribution in [0, 0.1) is 5.92 Å². The van der Waals surface area contributed by atoms with Crippen molar-refractivity contribution in [2.45, 2.75) is 72.5 Å². The first-order valence-electron chi connectivity index (χ1n) is 7.76. The molecule has 4 heteroatoms. The van der Waals surface area contributed by atoms with Gasteiger partial charge in [-0.3, -0.25) is 10.1 Å². The summed E-state index contributed by atoms with van der Waals surface area (Å²) in [5, 5.41) is 3.37. The van der Waals surface area contributed by atoms with E-state index >= 15 is 0 Å². The van der Waals surface area contributed by atoms with Crippen LogP contribution in [-0.4, -0.2) is 48.7 Å². The second-order valence-corrected chi connectivity index (χ2v) is 6.66. The molecule has 120 valence electrons. The van der Waals surface area contributed by atoms with Gasteiger partial charge in [-0.25, -0.2) is 0 Å². The van der Waals surface area contributed by atoms with Gasteiger partial charge in [0, 0.05) is 18.6 Å². The van der Waals surface area contributed by atoms with E-state index < -0.39 is 5.54 Å². The number of hydrogen-bond donors (Lipinski definition) is 1. The van der Waals surface area contributed by atoms with Crippen molar-refractivity contribution in [2.75, 3.05) is 20.2 Å². The first kappa shape index (κ1) is 19.4. The lowest BCUT2D eigenvalue weighted by Gasteiger charge is -2.37. The third kappa shape index (κ3) is 6.23. The van der Waals surface area contributed by atoms with Gasteiger partial charge in [0.05, 0.1) is 7.11 Å². The molecule has 0 bridgehead atoms. The summed E-state index contributed by atoms with van der Waals surface area (Å²) in [4.78, 5) is 14.6. The lowest BCUT2D eigenvalue weighted by atomic mass is 9.91. The fourth-order valence-corrected chi connectivity index (χ4v) is 2.87. The number of hydrogen-bond acceptors (Lipinski definition) is 4. The van der Waals surface area contributed by atoms with Crippen LogP contribution in [0.3, 0.4) is 0 Å². The Balaban J connectivity index is 4.91. The molecule has 20 heavy (non-hydrogen) atoms. The van der Waals surface area contributed by atoms with E-state index in [0.717, 1.165) is 19.5 Å². The average Bonchev–Trinajstić information content (AvgIpc) is 2.33. The Labute approximate surface area is 125 Å². The molecule has 1 N–H and O–H groups in total. The smallest absolute Gasteiger partial charge is 0.325 e. The highest BCUT2D eigenvalue weighted by Crippen LogP contribution is 2.20. The van der Waals surface area contributed by atoms with Crippen molar-refractivity contribution >= 4 is 5.97 Å². The number of methoxy groups -OCH3 is 1. The van der Waals surface area contributed by atoms with E-state index in [2.05, 4.69) is 51.8 Å². The maximum Gasteiger partial charge on any atom is 0.325 e. The fraction of sp³-hybridized carbons (Fsp3) is 0.938. The van der Waals surface area contributed by atoms with Crippen LogP contribution in [0.2, 0.25) is 0 Å². The molecule has 2 unspecified atom stereocenters. The Morgan fingerprint density at radius 1 is 1.25 bits per heavy atom. The van der Waals surface area contributed by atoms with E-state index in [0.29, 0.717) is 12.0 Å². The molecule has 0 aromatic heterocycles. The molecule has 0 aliphatic heterocycles. The highest BCUT2D eigenvalue weighted by Gasteiger charge is 2.37. The minimum absolute atomic E-state index is 0.182. The molecule has 0 saturated heterocycles. The summed E-state index contributed by atoms with van der Waals surface area (Å²) in [5.41, 5.74) is -0.632. The molecule has 0 fully saturated rings. The Hall–Kier alpha value is -0.610. The maximum atomic E-state index is 12.1. The standard InChI is InChI=1S/C16H34N2O2/c1-9-18(11-12(2)3)14(6)10-16(7,15(19)20-8)17-13(4)5/h12-14,17H,9-11H2,1-8H3. The van der Waals surface area contributed by atoms with Gasteiger partial charge in [0.15, 0.2) is 0 Å². The van der Waals surface area contributed by atoms with Crippen LogP contribution in [0.25, 0.3) is 0 Å². The van der Waals surface area contributed by atoms with Crippen molar-refractivity contribution in [3.63, 3.8) is 0 Å². The maximum absolute atomic E-state index is 12.1. The molecule has 0 saturated carbocycles. The highest BCUT2D eigenvalue weighted by molar-refractivity contribution is 5.80. The topological polar surface area (TPSA) is 41.6 Å². The Morgan fingerprint density at radius 2 is 1.80 bits per heavy atom. The van der Waals surface area contributed by atoms with Crippen LogP contribution in [-0.2, 0) is 9.53 Å². The molecule has 0 aromatic rings. The van der Waals surface area contributed by atoms with Crippen LogP contribution < -0.4 is 5.32 Å². The molecule has 0 aliphatic rings. The number of carbonyl (C=O) groups is 1. The van der Waals surface area contributed by atoms with Gasteiger partial charge in [-0.15, -0.1) is 0 Å². The number of carbonyl (C=O) groups excluding carboxylic acids is 1. The summed E-state index contributed by atoms with van der Waals surface area (Å²) < 4.78 is 4.99. The molecule has 0 radical (unpaired) electrons.